The smallest absolute Gasteiger partial charge is 0.134 e. The maximum Gasteiger partial charge on any atom is 0.134 e. The molecule has 2 rings (SSSR count). The molecular weight excluding hydrogens is 196 g/mol. The van der Waals surface area contributed by atoms with Gasteiger partial charge in [-0.15, -0.1) is 0 Å². The molecule has 1 atom stereocenters. The number of nitrogens with zero attached hydrogens (tertiary/aromatic N) is 3. The Balaban J connectivity index is 2.14. The largest absolute Gasteiger partial charge is 0.384 e. The van der Waals surface area contributed by atoms with Crippen molar-refractivity contribution in [1.82, 2.24) is 9.97 Å². The van der Waals surface area contributed by atoms with Crippen LogP contribution in [0, 0.1) is 0 Å². The van der Waals surface area contributed by atoms with Crippen molar-refractivity contribution in [2.75, 3.05) is 29.5 Å². The summed E-state index contributed by atoms with van der Waals surface area (Å²) in [7, 11) is 0. The van der Waals surface area contributed by atoms with Crippen molar-refractivity contribution in [1.29, 1.82) is 0 Å². The molecule has 1 unspecified atom stereocenters. The highest BCUT2D eigenvalue weighted by molar-refractivity contribution is 8.00. The molecule has 0 amide bonds. The predicted molar refractivity (Wildman–Crippen MR) is 60.6 cm³/mol. The van der Waals surface area contributed by atoms with Gasteiger partial charge in [0, 0.05) is 30.2 Å². The first-order valence-electron chi connectivity index (χ1n) is 4.70. The van der Waals surface area contributed by atoms with E-state index in [0.717, 1.165) is 24.7 Å². The number of hydrogen-bond acceptors (Lipinski definition) is 5. The van der Waals surface area contributed by atoms with E-state index >= 15 is 0 Å². The predicted octanol–water partition coefficient (Wildman–Crippen LogP) is 1.00. The molecular formula is C9H14N4S. The zero-order chi connectivity index (χ0) is 9.97. The molecule has 0 saturated carbocycles. The van der Waals surface area contributed by atoms with Crippen LogP contribution >= 0.6 is 11.8 Å². The van der Waals surface area contributed by atoms with Gasteiger partial charge in [0.25, 0.3) is 0 Å². The van der Waals surface area contributed by atoms with Crippen molar-refractivity contribution in [2.24, 2.45) is 0 Å². The average Bonchev–Trinajstić information content (AvgIpc) is 2.18. The molecule has 1 aromatic rings. The number of hydrogen-bond donors (Lipinski definition) is 1. The number of anilines is 2. The molecule has 1 aliphatic rings. The third-order valence-electron chi connectivity index (χ3n) is 2.24. The van der Waals surface area contributed by atoms with E-state index in [4.69, 9.17) is 5.73 Å². The van der Waals surface area contributed by atoms with Crippen LogP contribution in [0.1, 0.15) is 6.92 Å². The van der Waals surface area contributed by atoms with E-state index in [-0.39, 0.29) is 0 Å². The van der Waals surface area contributed by atoms with Crippen molar-refractivity contribution in [3.05, 3.63) is 12.4 Å². The monoisotopic (exact) mass is 210 g/mol. The Labute approximate surface area is 87.9 Å². The van der Waals surface area contributed by atoms with E-state index < -0.39 is 0 Å². The Bertz CT molecular complexity index is 317. The normalized spacial score (nSPS) is 22.4. The second-order valence-electron chi connectivity index (χ2n) is 3.43. The fourth-order valence-electron chi connectivity index (χ4n) is 1.56. The topological polar surface area (TPSA) is 55.0 Å². The number of rotatable bonds is 1. The molecule has 0 spiro atoms. The van der Waals surface area contributed by atoms with Gasteiger partial charge in [-0.25, -0.2) is 9.97 Å². The number of thioether (sulfide) groups is 1. The Kier molecular flexibility index (Phi) is 2.77. The van der Waals surface area contributed by atoms with Gasteiger partial charge in [-0.3, -0.25) is 0 Å². The maximum absolute atomic E-state index is 5.62. The van der Waals surface area contributed by atoms with E-state index in [0.29, 0.717) is 11.1 Å². The van der Waals surface area contributed by atoms with Gasteiger partial charge < -0.3 is 10.6 Å². The highest BCUT2D eigenvalue weighted by atomic mass is 32.2. The zero-order valence-electron chi connectivity index (χ0n) is 8.18. The Morgan fingerprint density at radius 3 is 3.14 bits per heavy atom. The summed E-state index contributed by atoms with van der Waals surface area (Å²) in [6, 6.07) is 1.84. The van der Waals surface area contributed by atoms with E-state index in [9.17, 15) is 0 Å². The van der Waals surface area contributed by atoms with Gasteiger partial charge in [-0.2, -0.15) is 11.8 Å². The van der Waals surface area contributed by atoms with Gasteiger partial charge in [0.1, 0.15) is 18.0 Å². The third-order valence-corrected chi connectivity index (χ3v) is 3.38. The Morgan fingerprint density at radius 2 is 2.43 bits per heavy atom. The van der Waals surface area contributed by atoms with Crippen molar-refractivity contribution in [3.63, 3.8) is 0 Å². The lowest BCUT2D eigenvalue weighted by Gasteiger charge is -2.31. The molecule has 14 heavy (non-hydrogen) atoms. The van der Waals surface area contributed by atoms with E-state index in [1.165, 1.54) is 6.33 Å². The molecule has 1 fully saturated rings. The average molecular weight is 210 g/mol. The molecule has 5 heteroatoms. The fourth-order valence-corrected chi connectivity index (χ4v) is 2.57. The van der Waals surface area contributed by atoms with E-state index in [2.05, 4.69) is 21.8 Å². The molecule has 4 nitrogen and oxygen atoms in total. The number of nitrogen functional groups attached to an aromatic ring is 1. The van der Waals surface area contributed by atoms with E-state index in [1.54, 1.807) is 0 Å². The summed E-state index contributed by atoms with van der Waals surface area (Å²) >= 11 is 2.00. The van der Waals surface area contributed by atoms with Gasteiger partial charge in [0.05, 0.1) is 0 Å². The molecule has 1 saturated heterocycles. The van der Waals surface area contributed by atoms with Gasteiger partial charge in [-0.1, -0.05) is 6.92 Å². The van der Waals surface area contributed by atoms with Gasteiger partial charge in [0.15, 0.2) is 0 Å². The summed E-state index contributed by atoms with van der Waals surface area (Å²) in [5.74, 6) is 2.65. The summed E-state index contributed by atoms with van der Waals surface area (Å²) in [5.41, 5.74) is 5.62. The molecule has 1 aromatic heterocycles. The highest BCUT2D eigenvalue weighted by Gasteiger charge is 2.17. The summed E-state index contributed by atoms with van der Waals surface area (Å²) in [6.45, 7) is 4.33. The maximum atomic E-state index is 5.62. The molecule has 0 radical (unpaired) electrons. The first-order valence-corrected chi connectivity index (χ1v) is 5.74. The van der Waals surface area contributed by atoms with Crippen LogP contribution in [0.2, 0.25) is 0 Å². The zero-order valence-corrected chi connectivity index (χ0v) is 9.00. The van der Waals surface area contributed by atoms with Crippen molar-refractivity contribution >= 4 is 23.4 Å². The minimum absolute atomic E-state index is 0.542. The third kappa shape index (κ3) is 2.09. The molecule has 76 valence electrons. The van der Waals surface area contributed by atoms with Crippen LogP contribution in [-0.4, -0.2) is 34.1 Å². The molecule has 2 N–H and O–H groups in total. The summed E-state index contributed by atoms with van der Waals surface area (Å²) < 4.78 is 0. The lowest BCUT2D eigenvalue weighted by molar-refractivity contribution is 0.768. The summed E-state index contributed by atoms with van der Waals surface area (Å²) in [5, 5.41) is 0.667. The highest BCUT2D eigenvalue weighted by Crippen LogP contribution is 2.22. The fraction of sp³-hybridized carbons (Fsp3) is 0.556. The number of nitrogens with two attached hydrogens (primary N) is 1. The molecule has 1 aliphatic heterocycles. The Morgan fingerprint density at radius 1 is 1.57 bits per heavy atom. The summed E-state index contributed by atoms with van der Waals surface area (Å²) in [6.07, 6.45) is 1.52. The van der Waals surface area contributed by atoms with Crippen LogP contribution < -0.4 is 10.6 Å². The molecule has 0 bridgehead atoms. The van der Waals surface area contributed by atoms with Gasteiger partial charge >= 0.3 is 0 Å². The molecule has 0 aromatic carbocycles. The SMILES string of the molecule is CC1CN(c2cc(N)ncn2)CCS1. The standard InChI is InChI=1S/C9H14N4S/c1-7-5-13(2-3-14-7)9-4-8(10)11-6-12-9/h4,6-7H,2-3,5H2,1H3,(H2,10,11,12). The van der Waals surface area contributed by atoms with Gasteiger partial charge in [0.2, 0.25) is 0 Å². The van der Waals surface area contributed by atoms with Crippen molar-refractivity contribution in [2.45, 2.75) is 12.2 Å². The first-order chi connectivity index (χ1) is 6.75. The number of aromatic nitrogens is 2. The Hall–Kier alpha value is -0.970. The second kappa shape index (κ2) is 4.04. The van der Waals surface area contributed by atoms with Crippen LogP contribution in [0.5, 0.6) is 0 Å². The van der Waals surface area contributed by atoms with Crippen LogP contribution in [0.4, 0.5) is 11.6 Å². The van der Waals surface area contributed by atoms with Crippen molar-refractivity contribution < 1.29 is 0 Å². The lowest BCUT2D eigenvalue weighted by atomic mass is 10.3. The van der Waals surface area contributed by atoms with Crippen LogP contribution in [0.15, 0.2) is 12.4 Å². The minimum atomic E-state index is 0.542. The molecule has 0 aliphatic carbocycles. The second-order valence-corrected chi connectivity index (χ2v) is 4.97. The lowest BCUT2D eigenvalue weighted by Crippen LogP contribution is -2.37. The van der Waals surface area contributed by atoms with E-state index in [1.807, 2.05) is 17.8 Å². The molecule has 2 heterocycles. The van der Waals surface area contributed by atoms with Crippen LogP contribution in [0.3, 0.4) is 0 Å². The first kappa shape index (κ1) is 9.58. The van der Waals surface area contributed by atoms with Crippen LogP contribution in [0.25, 0.3) is 0 Å². The quantitative estimate of drug-likeness (QED) is 0.749. The minimum Gasteiger partial charge on any atom is -0.384 e. The van der Waals surface area contributed by atoms with Crippen LogP contribution in [-0.2, 0) is 0 Å². The van der Waals surface area contributed by atoms with Crippen molar-refractivity contribution in [3.8, 4) is 0 Å². The van der Waals surface area contributed by atoms with Gasteiger partial charge in [-0.05, 0) is 0 Å². The summed E-state index contributed by atoms with van der Waals surface area (Å²) in [4.78, 5) is 10.4.